The molecule has 0 spiro atoms. The Hall–Kier alpha value is -3.00. The second-order valence-electron chi connectivity index (χ2n) is 6.74. The molecule has 0 unspecified atom stereocenters. The van der Waals surface area contributed by atoms with Gasteiger partial charge in [-0.25, -0.2) is 14.6 Å². The Labute approximate surface area is 163 Å². The number of fused-ring (bicyclic) bond motifs is 1. The van der Waals surface area contributed by atoms with Crippen LogP contribution in [-0.2, 0) is 22.5 Å². The van der Waals surface area contributed by atoms with Crippen LogP contribution in [0.4, 0.5) is 5.82 Å². The highest BCUT2D eigenvalue weighted by Crippen LogP contribution is 2.23. The standard InChI is InChI=1S/C20H24N6O2/c27-18(7-6-16-4-2-1-3-5-16)21-8-9-26-20-17(14-24-26)19(22-15-23-20)25-10-12-28-13-11-25/h1-5,14-15H,6-13H2,(H,21,27). The molecule has 2 aromatic heterocycles. The SMILES string of the molecule is O=C(CCc1ccccc1)NCCn1ncc2c(N3CCOCC3)ncnc21. The first-order valence-electron chi connectivity index (χ1n) is 9.61. The third kappa shape index (κ3) is 4.28. The van der Waals surface area contributed by atoms with Gasteiger partial charge in [0.15, 0.2) is 5.65 Å². The van der Waals surface area contributed by atoms with E-state index in [9.17, 15) is 4.79 Å². The van der Waals surface area contributed by atoms with Crippen LogP contribution >= 0.6 is 0 Å². The second-order valence-corrected chi connectivity index (χ2v) is 6.74. The number of benzene rings is 1. The number of rotatable bonds is 7. The predicted octanol–water partition coefficient (Wildman–Crippen LogP) is 1.41. The highest BCUT2D eigenvalue weighted by Gasteiger charge is 2.17. The Kier molecular flexibility index (Phi) is 5.77. The van der Waals surface area contributed by atoms with Gasteiger partial charge in [0, 0.05) is 26.1 Å². The van der Waals surface area contributed by atoms with Crippen LogP contribution in [0.25, 0.3) is 11.0 Å². The fourth-order valence-corrected chi connectivity index (χ4v) is 3.36. The second kappa shape index (κ2) is 8.79. The smallest absolute Gasteiger partial charge is 0.220 e. The zero-order valence-corrected chi connectivity index (χ0v) is 15.8. The predicted molar refractivity (Wildman–Crippen MR) is 106 cm³/mol. The van der Waals surface area contributed by atoms with Gasteiger partial charge in [-0.05, 0) is 12.0 Å². The normalized spacial score (nSPS) is 14.4. The van der Waals surface area contributed by atoms with Crippen LogP contribution in [-0.4, -0.2) is 58.5 Å². The number of amides is 1. The van der Waals surface area contributed by atoms with Crippen LogP contribution in [0, 0.1) is 0 Å². The summed E-state index contributed by atoms with van der Waals surface area (Å²) in [5, 5.41) is 8.34. The van der Waals surface area contributed by atoms with Gasteiger partial charge >= 0.3 is 0 Å². The summed E-state index contributed by atoms with van der Waals surface area (Å²) in [6.07, 6.45) is 4.60. The van der Waals surface area contributed by atoms with E-state index < -0.39 is 0 Å². The van der Waals surface area contributed by atoms with Gasteiger partial charge in [-0.3, -0.25) is 4.79 Å². The lowest BCUT2D eigenvalue weighted by atomic mass is 10.1. The van der Waals surface area contributed by atoms with Gasteiger partial charge in [0.1, 0.15) is 12.1 Å². The van der Waals surface area contributed by atoms with E-state index in [0.29, 0.717) is 32.7 Å². The van der Waals surface area contributed by atoms with Crippen molar-refractivity contribution in [1.29, 1.82) is 0 Å². The van der Waals surface area contributed by atoms with E-state index in [-0.39, 0.29) is 5.91 Å². The number of hydrogen-bond acceptors (Lipinski definition) is 6. The maximum atomic E-state index is 12.1. The van der Waals surface area contributed by atoms with E-state index in [1.807, 2.05) is 35.0 Å². The Morgan fingerprint density at radius 2 is 1.96 bits per heavy atom. The molecule has 0 saturated carbocycles. The fourth-order valence-electron chi connectivity index (χ4n) is 3.36. The number of carbonyl (C=O) groups is 1. The molecule has 3 heterocycles. The van der Waals surface area contributed by atoms with Crippen LogP contribution in [0.5, 0.6) is 0 Å². The van der Waals surface area contributed by atoms with E-state index in [1.165, 1.54) is 5.56 Å². The van der Waals surface area contributed by atoms with Gasteiger partial charge in [0.2, 0.25) is 5.91 Å². The maximum absolute atomic E-state index is 12.1. The molecule has 1 fully saturated rings. The molecule has 1 aliphatic heterocycles. The molecule has 28 heavy (non-hydrogen) atoms. The maximum Gasteiger partial charge on any atom is 0.220 e. The average Bonchev–Trinajstić information content (AvgIpc) is 3.17. The van der Waals surface area contributed by atoms with Gasteiger partial charge < -0.3 is 15.0 Å². The number of aryl methyl sites for hydroxylation is 1. The molecule has 1 aliphatic rings. The molecule has 0 atom stereocenters. The van der Waals surface area contributed by atoms with Crippen molar-refractivity contribution >= 4 is 22.8 Å². The zero-order valence-electron chi connectivity index (χ0n) is 15.8. The van der Waals surface area contributed by atoms with E-state index in [2.05, 4.69) is 25.3 Å². The van der Waals surface area contributed by atoms with E-state index in [0.717, 1.165) is 36.4 Å². The summed E-state index contributed by atoms with van der Waals surface area (Å²) in [6.45, 7) is 4.12. The van der Waals surface area contributed by atoms with Crippen molar-refractivity contribution in [3.8, 4) is 0 Å². The van der Waals surface area contributed by atoms with E-state index in [4.69, 9.17) is 4.74 Å². The third-order valence-corrected chi connectivity index (χ3v) is 4.85. The Balaban J connectivity index is 1.33. The Bertz CT molecular complexity index is 921. The van der Waals surface area contributed by atoms with Crippen molar-refractivity contribution in [2.45, 2.75) is 19.4 Å². The number of aromatic nitrogens is 4. The minimum absolute atomic E-state index is 0.0453. The summed E-state index contributed by atoms with van der Waals surface area (Å²) in [5.41, 5.74) is 1.96. The molecule has 146 valence electrons. The van der Waals surface area contributed by atoms with E-state index >= 15 is 0 Å². The average molecular weight is 380 g/mol. The van der Waals surface area contributed by atoms with Crippen molar-refractivity contribution in [1.82, 2.24) is 25.1 Å². The number of hydrogen-bond donors (Lipinski definition) is 1. The Morgan fingerprint density at radius 3 is 2.79 bits per heavy atom. The summed E-state index contributed by atoms with van der Waals surface area (Å²) in [7, 11) is 0. The molecule has 0 bridgehead atoms. The first-order chi connectivity index (χ1) is 13.8. The van der Waals surface area contributed by atoms with Crippen molar-refractivity contribution in [2.24, 2.45) is 0 Å². The zero-order chi connectivity index (χ0) is 19.2. The Morgan fingerprint density at radius 1 is 1.14 bits per heavy atom. The molecule has 1 saturated heterocycles. The lowest BCUT2D eigenvalue weighted by Gasteiger charge is -2.27. The summed E-state index contributed by atoms with van der Waals surface area (Å²) >= 11 is 0. The lowest BCUT2D eigenvalue weighted by molar-refractivity contribution is -0.121. The number of carbonyl (C=O) groups excluding carboxylic acids is 1. The minimum Gasteiger partial charge on any atom is -0.378 e. The van der Waals surface area contributed by atoms with Gasteiger partial charge in [-0.15, -0.1) is 0 Å². The third-order valence-electron chi connectivity index (χ3n) is 4.85. The summed E-state index contributed by atoms with van der Waals surface area (Å²) in [5.74, 6) is 0.940. The largest absolute Gasteiger partial charge is 0.378 e. The van der Waals surface area contributed by atoms with Crippen LogP contribution in [0.1, 0.15) is 12.0 Å². The highest BCUT2D eigenvalue weighted by molar-refractivity contribution is 5.86. The number of ether oxygens (including phenoxy) is 1. The summed E-state index contributed by atoms with van der Waals surface area (Å²) < 4.78 is 7.23. The summed E-state index contributed by atoms with van der Waals surface area (Å²) in [4.78, 5) is 23.1. The van der Waals surface area contributed by atoms with Crippen LogP contribution in [0.3, 0.4) is 0 Å². The van der Waals surface area contributed by atoms with Crippen molar-refractivity contribution < 1.29 is 9.53 Å². The number of nitrogens with zero attached hydrogens (tertiary/aromatic N) is 5. The van der Waals surface area contributed by atoms with Crippen LogP contribution in [0.15, 0.2) is 42.9 Å². The van der Waals surface area contributed by atoms with Gasteiger partial charge in [0.25, 0.3) is 0 Å². The van der Waals surface area contributed by atoms with Crippen LogP contribution in [0.2, 0.25) is 0 Å². The quantitative estimate of drug-likeness (QED) is 0.667. The highest BCUT2D eigenvalue weighted by atomic mass is 16.5. The molecule has 1 amide bonds. The first kappa shape index (κ1) is 18.4. The monoisotopic (exact) mass is 380 g/mol. The van der Waals surface area contributed by atoms with E-state index in [1.54, 1.807) is 12.5 Å². The minimum atomic E-state index is 0.0453. The van der Waals surface area contributed by atoms with Gasteiger partial charge in [-0.2, -0.15) is 5.10 Å². The van der Waals surface area contributed by atoms with Gasteiger partial charge in [-0.1, -0.05) is 30.3 Å². The molecular formula is C20H24N6O2. The molecular weight excluding hydrogens is 356 g/mol. The summed E-state index contributed by atoms with van der Waals surface area (Å²) in [6, 6.07) is 10.0. The van der Waals surface area contributed by atoms with Crippen molar-refractivity contribution in [2.75, 3.05) is 37.7 Å². The molecule has 1 N–H and O–H groups in total. The topological polar surface area (TPSA) is 85.2 Å². The van der Waals surface area contributed by atoms with Gasteiger partial charge in [0.05, 0.1) is 31.3 Å². The first-order valence-corrected chi connectivity index (χ1v) is 9.61. The molecule has 1 aromatic carbocycles. The molecule has 3 aromatic rings. The number of nitrogens with one attached hydrogen (secondary N) is 1. The fraction of sp³-hybridized carbons (Fsp3) is 0.400. The van der Waals surface area contributed by atoms with Crippen molar-refractivity contribution in [3.63, 3.8) is 0 Å². The van der Waals surface area contributed by atoms with Crippen molar-refractivity contribution in [3.05, 3.63) is 48.4 Å². The van der Waals surface area contributed by atoms with Crippen LogP contribution < -0.4 is 10.2 Å². The molecule has 0 aliphatic carbocycles. The molecule has 4 rings (SSSR count). The number of anilines is 1. The molecule has 8 heteroatoms. The number of morpholine rings is 1. The lowest BCUT2D eigenvalue weighted by Crippen LogP contribution is -2.36. The molecule has 8 nitrogen and oxygen atoms in total. The molecule has 0 radical (unpaired) electrons.